The molecule has 18 heavy (non-hydrogen) atoms. The summed E-state index contributed by atoms with van der Waals surface area (Å²) < 4.78 is 4.60. The van der Waals surface area contributed by atoms with Crippen LogP contribution >= 0.6 is 0 Å². The molecule has 0 bridgehead atoms. The SMILES string of the molecule is CCN(CC(=O)Nc1ccon1)C(=O)CC(C)C. The number of hydrogen-bond donors (Lipinski definition) is 1. The van der Waals surface area contributed by atoms with Crippen LogP contribution in [-0.4, -0.2) is 35.0 Å². The first-order chi connectivity index (χ1) is 8.52. The Labute approximate surface area is 106 Å². The summed E-state index contributed by atoms with van der Waals surface area (Å²) >= 11 is 0. The van der Waals surface area contributed by atoms with Crippen LogP contribution in [0.3, 0.4) is 0 Å². The third kappa shape index (κ3) is 4.57. The van der Waals surface area contributed by atoms with Gasteiger partial charge in [-0.1, -0.05) is 19.0 Å². The maximum Gasteiger partial charge on any atom is 0.245 e. The van der Waals surface area contributed by atoms with Crippen LogP contribution < -0.4 is 5.32 Å². The van der Waals surface area contributed by atoms with Crippen LogP contribution in [0.1, 0.15) is 27.2 Å². The standard InChI is InChI=1S/C12H19N3O3/c1-4-15(12(17)7-9(2)3)8-11(16)13-10-5-6-18-14-10/h5-6,9H,4,7-8H2,1-3H3,(H,13,14,16). The Balaban J connectivity index is 2.47. The van der Waals surface area contributed by atoms with E-state index in [0.29, 0.717) is 18.8 Å². The molecule has 0 aliphatic heterocycles. The van der Waals surface area contributed by atoms with Gasteiger partial charge in [-0.25, -0.2) is 0 Å². The zero-order valence-electron chi connectivity index (χ0n) is 11.0. The second-order valence-corrected chi connectivity index (χ2v) is 4.44. The lowest BCUT2D eigenvalue weighted by atomic mass is 10.1. The topological polar surface area (TPSA) is 75.4 Å². The minimum atomic E-state index is -0.275. The van der Waals surface area contributed by atoms with Gasteiger partial charge in [-0.3, -0.25) is 9.59 Å². The zero-order valence-corrected chi connectivity index (χ0v) is 11.0. The molecule has 1 aromatic heterocycles. The first-order valence-corrected chi connectivity index (χ1v) is 6.01. The molecule has 1 rings (SSSR count). The van der Waals surface area contributed by atoms with E-state index in [0.717, 1.165) is 0 Å². The Kier molecular flexibility index (Phi) is 5.35. The fourth-order valence-electron chi connectivity index (χ4n) is 1.49. The van der Waals surface area contributed by atoms with Crippen molar-refractivity contribution in [2.75, 3.05) is 18.4 Å². The molecule has 0 aliphatic carbocycles. The summed E-state index contributed by atoms with van der Waals surface area (Å²) in [6.45, 7) is 6.34. The van der Waals surface area contributed by atoms with E-state index in [9.17, 15) is 9.59 Å². The van der Waals surface area contributed by atoms with Crippen molar-refractivity contribution in [3.63, 3.8) is 0 Å². The van der Waals surface area contributed by atoms with Gasteiger partial charge in [-0.2, -0.15) is 0 Å². The van der Waals surface area contributed by atoms with Crippen molar-refractivity contribution >= 4 is 17.6 Å². The first kappa shape index (κ1) is 14.2. The number of nitrogens with zero attached hydrogens (tertiary/aromatic N) is 2. The second-order valence-electron chi connectivity index (χ2n) is 4.44. The average molecular weight is 253 g/mol. The smallest absolute Gasteiger partial charge is 0.245 e. The average Bonchev–Trinajstić information content (AvgIpc) is 2.77. The molecular weight excluding hydrogens is 234 g/mol. The van der Waals surface area contributed by atoms with E-state index >= 15 is 0 Å². The van der Waals surface area contributed by atoms with Crippen molar-refractivity contribution in [2.45, 2.75) is 27.2 Å². The van der Waals surface area contributed by atoms with Crippen molar-refractivity contribution in [2.24, 2.45) is 5.92 Å². The van der Waals surface area contributed by atoms with Crippen molar-refractivity contribution in [1.29, 1.82) is 0 Å². The van der Waals surface area contributed by atoms with E-state index < -0.39 is 0 Å². The van der Waals surface area contributed by atoms with Gasteiger partial charge in [0.1, 0.15) is 6.26 Å². The van der Waals surface area contributed by atoms with Gasteiger partial charge in [0.15, 0.2) is 5.82 Å². The summed E-state index contributed by atoms with van der Waals surface area (Å²) in [7, 11) is 0. The molecule has 0 saturated carbocycles. The number of carbonyl (C=O) groups excluding carboxylic acids is 2. The number of carbonyl (C=O) groups is 2. The molecule has 0 spiro atoms. The Morgan fingerprint density at radius 1 is 1.50 bits per heavy atom. The van der Waals surface area contributed by atoms with Gasteiger partial charge < -0.3 is 14.7 Å². The first-order valence-electron chi connectivity index (χ1n) is 6.01. The lowest BCUT2D eigenvalue weighted by Crippen LogP contribution is -2.38. The molecule has 0 saturated heterocycles. The number of nitrogens with one attached hydrogen (secondary N) is 1. The second kappa shape index (κ2) is 6.78. The minimum absolute atomic E-state index is 0.0113. The van der Waals surface area contributed by atoms with Crippen LogP contribution in [0.15, 0.2) is 16.9 Å². The monoisotopic (exact) mass is 253 g/mol. The highest BCUT2D eigenvalue weighted by Gasteiger charge is 2.16. The molecule has 0 aliphatic rings. The van der Waals surface area contributed by atoms with Gasteiger partial charge in [0, 0.05) is 19.0 Å². The van der Waals surface area contributed by atoms with E-state index in [4.69, 9.17) is 0 Å². The van der Waals surface area contributed by atoms with E-state index in [1.807, 2.05) is 20.8 Å². The van der Waals surface area contributed by atoms with E-state index in [-0.39, 0.29) is 24.3 Å². The highest BCUT2D eigenvalue weighted by Crippen LogP contribution is 2.05. The largest absolute Gasteiger partial charge is 0.363 e. The summed E-state index contributed by atoms with van der Waals surface area (Å²) in [5, 5.41) is 6.13. The van der Waals surface area contributed by atoms with Gasteiger partial charge in [0.05, 0.1) is 6.54 Å². The molecule has 0 radical (unpaired) electrons. The van der Waals surface area contributed by atoms with Crippen molar-refractivity contribution in [3.05, 3.63) is 12.3 Å². The molecule has 0 atom stereocenters. The Morgan fingerprint density at radius 3 is 2.72 bits per heavy atom. The minimum Gasteiger partial charge on any atom is -0.363 e. The summed E-state index contributed by atoms with van der Waals surface area (Å²) in [5.74, 6) is 0.350. The number of aromatic nitrogens is 1. The molecule has 0 aromatic carbocycles. The molecular formula is C12H19N3O3. The van der Waals surface area contributed by atoms with Crippen molar-refractivity contribution < 1.29 is 14.1 Å². The molecule has 1 heterocycles. The molecule has 1 aromatic rings. The summed E-state index contributed by atoms with van der Waals surface area (Å²) in [4.78, 5) is 25.0. The maximum atomic E-state index is 11.8. The quantitative estimate of drug-likeness (QED) is 0.833. The number of hydrogen-bond acceptors (Lipinski definition) is 4. The van der Waals surface area contributed by atoms with Gasteiger partial charge in [-0.15, -0.1) is 0 Å². The number of rotatable bonds is 6. The molecule has 6 nitrogen and oxygen atoms in total. The summed E-state index contributed by atoms with van der Waals surface area (Å²) in [5.41, 5.74) is 0. The Bertz CT molecular complexity index is 387. The van der Waals surface area contributed by atoms with E-state index in [2.05, 4.69) is 15.0 Å². The summed E-state index contributed by atoms with van der Waals surface area (Å²) in [6, 6.07) is 1.55. The van der Waals surface area contributed by atoms with Crippen LogP contribution in [0.4, 0.5) is 5.82 Å². The lowest BCUT2D eigenvalue weighted by Gasteiger charge is -2.20. The molecule has 100 valence electrons. The van der Waals surface area contributed by atoms with Crippen LogP contribution in [0.5, 0.6) is 0 Å². The third-order valence-corrected chi connectivity index (χ3v) is 2.36. The number of anilines is 1. The van der Waals surface area contributed by atoms with Gasteiger partial charge >= 0.3 is 0 Å². The predicted octanol–water partition coefficient (Wildman–Crippen LogP) is 1.51. The number of likely N-dealkylation sites (N-methyl/N-ethyl adjacent to an activating group) is 1. The molecule has 0 unspecified atom stereocenters. The summed E-state index contributed by atoms with van der Waals surface area (Å²) in [6.07, 6.45) is 1.82. The maximum absolute atomic E-state index is 11.8. The fourth-order valence-corrected chi connectivity index (χ4v) is 1.49. The predicted molar refractivity (Wildman–Crippen MR) is 66.8 cm³/mol. The van der Waals surface area contributed by atoms with Crippen molar-refractivity contribution in [1.82, 2.24) is 10.1 Å². The van der Waals surface area contributed by atoms with Crippen LogP contribution in [0.2, 0.25) is 0 Å². The molecule has 2 amide bonds. The van der Waals surface area contributed by atoms with Crippen molar-refractivity contribution in [3.8, 4) is 0 Å². The highest BCUT2D eigenvalue weighted by molar-refractivity contribution is 5.93. The van der Waals surface area contributed by atoms with Gasteiger partial charge in [-0.05, 0) is 12.8 Å². The number of amides is 2. The molecule has 1 N–H and O–H groups in total. The van der Waals surface area contributed by atoms with Gasteiger partial charge in [0.2, 0.25) is 11.8 Å². The third-order valence-electron chi connectivity index (χ3n) is 2.36. The van der Waals surface area contributed by atoms with E-state index in [1.54, 1.807) is 6.07 Å². The normalized spacial score (nSPS) is 10.4. The van der Waals surface area contributed by atoms with E-state index in [1.165, 1.54) is 11.2 Å². The van der Waals surface area contributed by atoms with Crippen LogP contribution in [0.25, 0.3) is 0 Å². The van der Waals surface area contributed by atoms with Gasteiger partial charge in [0.25, 0.3) is 0 Å². The fraction of sp³-hybridized carbons (Fsp3) is 0.583. The molecule has 0 fully saturated rings. The molecule has 6 heteroatoms. The zero-order chi connectivity index (χ0) is 13.5. The van der Waals surface area contributed by atoms with Crippen LogP contribution in [-0.2, 0) is 9.59 Å². The lowest BCUT2D eigenvalue weighted by molar-refractivity contribution is -0.135. The Hall–Kier alpha value is -1.85. The Morgan fingerprint density at radius 2 is 2.22 bits per heavy atom. The highest BCUT2D eigenvalue weighted by atomic mass is 16.5. The van der Waals surface area contributed by atoms with Crippen LogP contribution in [0, 0.1) is 5.92 Å².